The van der Waals surface area contributed by atoms with Crippen LogP contribution in [0.4, 0.5) is 5.69 Å². The number of nitriles is 1. The summed E-state index contributed by atoms with van der Waals surface area (Å²) < 4.78 is 0. The number of carboxylic acid groups (broad SMARTS) is 1. The van der Waals surface area contributed by atoms with Crippen LogP contribution in [0.1, 0.15) is 50.5 Å². The summed E-state index contributed by atoms with van der Waals surface area (Å²) in [6.45, 7) is -0.220. The first-order chi connectivity index (χ1) is 12.1. The van der Waals surface area contributed by atoms with Gasteiger partial charge in [0.25, 0.3) is 0 Å². The first-order valence-corrected chi connectivity index (χ1v) is 8.97. The smallest absolute Gasteiger partial charge is 0.322 e. The maximum atomic E-state index is 10.9. The number of hydrogen-bond acceptors (Lipinski definition) is 3. The van der Waals surface area contributed by atoms with Crippen LogP contribution in [-0.2, 0) is 4.79 Å². The summed E-state index contributed by atoms with van der Waals surface area (Å²) in [6, 6.07) is 7.17. The topological polar surface area (TPSA) is 97.5 Å². The van der Waals surface area contributed by atoms with Gasteiger partial charge in [0.15, 0.2) is 5.96 Å². The van der Waals surface area contributed by atoms with Gasteiger partial charge in [-0.05, 0) is 31.0 Å². The lowest BCUT2D eigenvalue weighted by molar-refractivity contribution is -0.135. The molecule has 0 bridgehead atoms. The van der Waals surface area contributed by atoms with Crippen LogP contribution in [0.3, 0.4) is 0 Å². The van der Waals surface area contributed by atoms with E-state index in [0.29, 0.717) is 22.2 Å². The summed E-state index contributed by atoms with van der Waals surface area (Å²) in [6.07, 6.45) is 8.16. The molecule has 0 saturated heterocycles. The van der Waals surface area contributed by atoms with Crippen molar-refractivity contribution in [3.05, 3.63) is 28.8 Å². The van der Waals surface area contributed by atoms with Crippen LogP contribution in [0, 0.1) is 11.3 Å². The highest BCUT2D eigenvalue weighted by Gasteiger charge is 2.14. The molecule has 1 saturated carbocycles. The van der Waals surface area contributed by atoms with Crippen molar-refractivity contribution in [3.8, 4) is 6.07 Å². The Morgan fingerprint density at radius 1 is 1.28 bits per heavy atom. The number of nitrogens with zero attached hydrogens (tertiary/aromatic N) is 2. The molecule has 0 radical (unpaired) electrons. The molecule has 0 heterocycles. The minimum Gasteiger partial charge on any atom is -0.480 e. The quantitative estimate of drug-likeness (QED) is 0.561. The third-order valence-electron chi connectivity index (χ3n) is 4.17. The fourth-order valence-corrected chi connectivity index (χ4v) is 3.09. The average Bonchev–Trinajstić information content (AvgIpc) is 2.55. The lowest BCUT2D eigenvalue weighted by Gasteiger charge is -2.23. The van der Waals surface area contributed by atoms with Crippen LogP contribution >= 0.6 is 11.6 Å². The Bertz CT molecular complexity index is 662. The monoisotopic (exact) mass is 362 g/mol. The predicted molar refractivity (Wildman–Crippen MR) is 98.1 cm³/mol. The standard InChI is InChI=1S/C18H23ClN4O2/c19-16-10-15(9-8-13(16)11-20)23-18(21-12-17(24)25)22-14-6-4-2-1-3-5-7-14/h8-10,14H,1-7,12H2,(H,24,25)(H2,21,22,23). The Morgan fingerprint density at radius 3 is 2.56 bits per heavy atom. The molecule has 0 spiro atoms. The van der Waals surface area contributed by atoms with Gasteiger partial charge in [-0.15, -0.1) is 0 Å². The maximum Gasteiger partial charge on any atom is 0.322 e. The van der Waals surface area contributed by atoms with Gasteiger partial charge in [-0.25, -0.2) is 4.99 Å². The number of carbonyl (C=O) groups is 1. The lowest BCUT2D eigenvalue weighted by atomic mass is 9.97. The molecule has 1 aromatic rings. The van der Waals surface area contributed by atoms with Crippen LogP contribution in [0.25, 0.3) is 0 Å². The summed E-state index contributed by atoms with van der Waals surface area (Å²) in [4.78, 5) is 15.3. The first kappa shape index (κ1) is 19.1. The van der Waals surface area contributed by atoms with Crippen molar-refractivity contribution >= 4 is 29.2 Å². The van der Waals surface area contributed by atoms with Gasteiger partial charge < -0.3 is 15.7 Å². The van der Waals surface area contributed by atoms with Crippen molar-refractivity contribution in [3.63, 3.8) is 0 Å². The van der Waals surface area contributed by atoms with Crippen LogP contribution in [0.5, 0.6) is 0 Å². The molecular weight excluding hydrogens is 340 g/mol. The fourth-order valence-electron chi connectivity index (χ4n) is 2.87. The van der Waals surface area contributed by atoms with Crippen molar-refractivity contribution in [2.45, 2.75) is 51.0 Å². The lowest BCUT2D eigenvalue weighted by Crippen LogP contribution is -2.45. The molecule has 1 aromatic carbocycles. The van der Waals surface area contributed by atoms with E-state index in [1.807, 2.05) is 6.07 Å². The van der Waals surface area contributed by atoms with Crippen molar-refractivity contribution in [2.24, 2.45) is 4.99 Å². The Labute approximate surface area is 152 Å². The molecule has 0 amide bonds. The Kier molecular flexibility index (Phi) is 7.55. The molecule has 0 atom stereocenters. The van der Waals surface area contributed by atoms with Crippen LogP contribution in [0.15, 0.2) is 23.2 Å². The molecule has 134 valence electrons. The molecule has 0 aromatic heterocycles. The summed E-state index contributed by atoms with van der Waals surface area (Å²) >= 11 is 6.05. The zero-order valence-corrected chi connectivity index (χ0v) is 14.9. The third kappa shape index (κ3) is 6.63. The van der Waals surface area contributed by atoms with Gasteiger partial charge in [-0.1, -0.05) is 43.7 Å². The molecule has 1 fully saturated rings. The summed E-state index contributed by atoms with van der Waals surface area (Å²) in [5.41, 5.74) is 0.948. The molecule has 6 nitrogen and oxygen atoms in total. The SMILES string of the molecule is N#Cc1ccc(N=C(NCC(=O)O)NC2CCCCCCC2)cc1Cl. The number of carboxylic acids is 1. The minimum atomic E-state index is -0.954. The van der Waals surface area contributed by atoms with E-state index in [4.69, 9.17) is 22.0 Å². The second-order valence-electron chi connectivity index (χ2n) is 6.17. The van der Waals surface area contributed by atoms with Gasteiger partial charge in [0.05, 0.1) is 16.3 Å². The second-order valence-corrected chi connectivity index (χ2v) is 6.58. The van der Waals surface area contributed by atoms with Gasteiger partial charge in [0.1, 0.15) is 12.6 Å². The van der Waals surface area contributed by atoms with E-state index in [2.05, 4.69) is 15.6 Å². The zero-order valence-electron chi connectivity index (χ0n) is 14.1. The van der Waals surface area contributed by atoms with E-state index in [0.717, 1.165) is 25.7 Å². The Morgan fingerprint density at radius 2 is 1.96 bits per heavy atom. The highest BCUT2D eigenvalue weighted by Crippen LogP contribution is 2.22. The predicted octanol–water partition coefficient (Wildman–Crippen LogP) is 3.58. The van der Waals surface area contributed by atoms with Crippen LogP contribution in [0.2, 0.25) is 5.02 Å². The van der Waals surface area contributed by atoms with Crippen molar-refractivity contribution in [1.29, 1.82) is 5.26 Å². The molecule has 1 aliphatic carbocycles. The first-order valence-electron chi connectivity index (χ1n) is 8.59. The normalized spacial score (nSPS) is 16.4. The van der Waals surface area contributed by atoms with Crippen molar-refractivity contribution in [1.82, 2.24) is 10.6 Å². The maximum absolute atomic E-state index is 10.9. The average molecular weight is 363 g/mol. The molecule has 0 unspecified atom stereocenters. The fraction of sp³-hybridized carbons (Fsp3) is 0.500. The number of guanidine groups is 1. The Hall–Kier alpha value is -2.26. The number of aliphatic carboxylic acids is 1. The number of hydrogen-bond donors (Lipinski definition) is 3. The minimum absolute atomic E-state index is 0.220. The Balaban J connectivity index is 2.14. The molecule has 1 aliphatic rings. The number of rotatable bonds is 4. The van der Waals surface area contributed by atoms with Gasteiger partial charge in [0, 0.05) is 6.04 Å². The molecular formula is C18H23ClN4O2. The van der Waals surface area contributed by atoms with Crippen LogP contribution < -0.4 is 10.6 Å². The van der Waals surface area contributed by atoms with E-state index in [1.165, 1.54) is 19.3 Å². The van der Waals surface area contributed by atoms with Crippen molar-refractivity contribution in [2.75, 3.05) is 6.54 Å². The number of benzene rings is 1. The molecule has 25 heavy (non-hydrogen) atoms. The van der Waals surface area contributed by atoms with Gasteiger partial charge in [-0.3, -0.25) is 4.79 Å². The summed E-state index contributed by atoms with van der Waals surface area (Å²) in [7, 11) is 0. The van der Waals surface area contributed by atoms with Crippen molar-refractivity contribution < 1.29 is 9.90 Å². The van der Waals surface area contributed by atoms with E-state index < -0.39 is 5.97 Å². The van der Waals surface area contributed by atoms with Gasteiger partial charge in [-0.2, -0.15) is 5.26 Å². The second kappa shape index (κ2) is 9.90. The highest BCUT2D eigenvalue weighted by molar-refractivity contribution is 6.32. The third-order valence-corrected chi connectivity index (χ3v) is 4.48. The van der Waals surface area contributed by atoms with Gasteiger partial charge in [0.2, 0.25) is 0 Å². The van der Waals surface area contributed by atoms with E-state index in [9.17, 15) is 4.79 Å². The molecule has 7 heteroatoms. The summed E-state index contributed by atoms with van der Waals surface area (Å²) in [5, 5.41) is 24.4. The largest absolute Gasteiger partial charge is 0.480 e. The molecule has 2 rings (SSSR count). The number of nitrogens with one attached hydrogen (secondary N) is 2. The molecule has 0 aliphatic heterocycles. The molecule has 3 N–H and O–H groups in total. The highest BCUT2D eigenvalue weighted by atomic mass is 35.5. The number of halogens is 1. The van der Waals surface area contributed by atoms with E-state index in [-0.39, 0.29) is 12.6 Å². The van der Waals surface area contributed by atoms with E-state index >= 15 is 0 Å². The summed E-state index contributed by atoms with van der Waals surface area (Å²) in [5.74, 6) is -0.529. The zero-order chi connectivity index (χ0) is 18.1. The van der Waals surface area contributed by atoms with E-state index in [1.54, 1.807) is 18.2 Å². The van der Waals surface area contributed by atoms with Crippen LogP contribution in [-0.4, -0.2) is 29.6 Å². The number of aliphatic imine (C=N–C) groups is 1. The van der Waals surface area contributed by atoms with Gasteiger partial charge >= 0.3 is 5.97 Å².